The van der Waals surface area contributed by atoms with Gasteiger partial charge in [0, 0.05) is 6.54 Å². The van der Waals surface area contributed by atoms with Crippen LogP contribution in [-0.2, 0) is 10.7 Å². The Morgan fingerprint density at radius 2 is 2.22 bits per heavy atom. The molecule has 0 aromatic heterocycles. The van der Waals surface area contributed by atoms with E-state index in [1.807, 2.05) is 19.4 Å². The first-order chi connectivity index (χ1) is 4.16. The number of amides is 2. The monoisotopic (exact) mass is 148 g/mol. The number of nitrogens with one attached hydrogen (secondary N) is 1. The molecule has 0 saturated carbocycles. The van der Waals surface area contributed by atoms with Crippen LogP contribution in [0, 0.1) is 0 Å². The highest BCUT2D eigenvalue weighted by molar-refractivity contribution is 7.86. The quantitative estimate of drug-likeness (QED) is 0.586. The maximum atomic E-state index is 10.6. The van der Waals surface area contributed by atoms with E-state index in [9.17, 15) is 4.79 Å². The predicted molar refractivity (Wildman–Crippen MR) is 40.7 cm³/mol. The number of hydrogen-bond donors (Lipinski definition) is 1. The van der Waals surface area contributed by atoms with Crippen molar-refractivity contribution in [1.29, 1.82) is 0 Å². The first-order valence-corrected chi connectivity index (χ1v) is 4.74. The van der Waals surface area contributed by atoms with Gasteiger partial charge in [-0.2, -0.15) is 4.36 Å². The fourth-order valence-electron chi connectivity index (χ4n) is 0.349. The second kappa shape index (κ2) is 4.49. The van der Waals surface area contributed by atoms with Crippen molar-refractivity contribution in [3.05, 3.63) is 0 Å². The Morgan fingerprint density at radius 3 is 2.56 bits per heavy atom. The summed E-state index contributed by atoms with van der Waals surface area (Å²) in [5.74, 6) is 0. The standard InChI is InChI=1S/C5H12N2OS/c1-4-6-5(8)7-9(2)3/h4H2,1-3H3,(H,6,8). The maximum absolute atomic E-state index is 10.6. The van der Waals surface area contributed by atoms with Gasteiger partial charge >= 0.3 is 6.03 Å². The lowest BCUT2D eigenvalue weighted by Gasteiger charge is -1.94. The molecule has 9 heavy (non-hydrogen) atoms. The second-order valence-corrected chi connectivity index (χ2v) is 3.43. The summed E-state index contributed by atoms with van der Waals surface area (Å²) in [6, 6.07) is -0.203. The summed E-state index contributed by atoms with van der Waals surface area (Å²) in [6.45, 7) is 2.52. The Bertz CT molecular complexity index is 129. The third-order valence-electron chi connectivity index (χ3n) is 0.593. The van der Waals surface area contributed by atoms with Crippen LogP contribution in [0.3, 0.4) is 0 Å². The zero-order chi connectivity index (χ0) is 7.28. The summed E-state index contributed by atoms with van der Waals surface area (Å²) in [6.07, 6.45) is 3.80. The average Bonchev–Trinajstić information content (AvgIpc) is 1.63. The fraction of sp³-hybridized carbons (Fsp3) is 0.800. The Balaban J connectivity index is 3.63. The SMILES string of the molecule is CCNC(=O)N=S(C)C. The molecule has 0 fully saturated rings. The van der Waals surface area contributed by atoms with E-state index in [1.54, 1.807) is 0 Å². The summed E-state index contributed by atoms with van der Waals surface area (Å²) in [5, 5.41) is 2.58. The molecule has 1 N–H and O–H groups in total. The van der Waals surface area contributed by atoms with E-state index in [-0.39, 0.29) is 16.7 Å². The number of nitrogens with zero attached hydrogens (tertiary/aromatic N) is 1. The molecule has 0 saturated heterocycles. The Hall–Kier alpha value is -0.380. The van der Waals surface area contributed by atoms with Crippen molar-refractivity contribution in [3.63, 3.8) is 0 Å². The van der Waals surface area contributed by atoms with Crippen LogP contribution in [0.4, 0.5) is 4.79 Å². The zero-order valence-electron chi connectivity index (χ0n) is 5.97. The van der Waals surface area contributed by atoms with Crippen LogP contribution in [0.5, 0.6) is 0 Å². The van der Waals surface area contributed by atoms with Crippen molar-refractivity contribution in [2.75, 3.05) is 19.1 Å². The number of rotatable bonds is 1. The van der Waals surface area contributed by atoms with Gasteiger partial charge in [-0.1, -0.05) is 10.7 Å². The van der Waals surface area contributed by atoms with E-state index in [1.165, 1.54) is 0 Å². The van der Waals surface area contributed by atoms with Gasteiger partial charge in [0.2, 0.25) is 0 Å². The van der Waals surface area contributed by atoms with E-state index in [2.05, 4.69) is 9.68 Å². The fourth-order valence-corrected chi connectivity index (χ4v) is 0.746. The van der Waals surface area contributed by atoms with E-state index >= 15 is 0 Å². The van der Waals surface area contributed by atoms with Crippen LogP contribution >= 0.6 is 0 Å². The third kappa shape index (κ3) is 5.49. The Kier molecular flexibility index (Phi) is 4.30. The second-order valence-electron chi connectivity index (χ2n) is 1.70. The van der Waals surface area contributed by atoms with Crippen LogP contribution in [0.25, 0.3) is 0 Å². The van der Waals surface area contributed by atoms with Crippen LogP contribution in [0.15, 0.2) is 4.36 Å². The molecule has 0 aliphatic carbocycles. The summed E-state index contributed by atoms with van der Waals surface area (Å²) >= 11 is 0. The highest BCUT2D eigenvalue weighted by Gasteiger charge is 1.90. The lowest BCUT2D eigenvalue weighted by atomic mass is 10.7. The molecule has 0 radical (unpaired) electrons. The van der Waals surface area contributed by atoms with Crippen molar-refractivity contribution < 1.29 is 4.79 Å². The largest absolute Gasteiger partial charge is 0.346 e. The lowest BCUT2D eigenvalue weighted by molar-refractivity contribution is 0.250. The van der Waals surface area contributed by atoms with Gasteiger partial charge in [0.05, 0.1) is 0 Å². The van der Waals surface area contributed by atoms with Gasteiger partial charge in [0.15, 0.2) is 0 Å². The number of carbonyl (C=O) groups is 1. The van der Waals surface area contributed by atoms with Gasteiger partial charge in [0.1, 0.15) is 0 Å². The first kappa shape index (κ1) is 8.62. The first-order valence-electron chi connectivity index (χ1n) is 2.74. The van der Waals surface area contributed by atoms with Gasteiger partial charge in [-0.25, -0.2) is 4.79 Å². The molecule has 0 rings (SSSR count). The molecule has 0 unspecified atom stereocenters. The van der Waals surface area contributed by atoms with Gasteiger partial charge in [0.25, 0.3) is 0 Å². The molecule has 54 valence electrons. The van der Waals surface area contributed by atoms with Crippen LogP contribution in [0.2, 0.25) is 0 Å². The third-order valence-corrected chi connectivity index (χ3v) is 1.12. The molecule has 4 heteroatoms. The highest BCUT2D eigenvalue weighted by atomic mass is 32.2. The predicted octanol–water partition coefficient (Wildman–Crippen LogP) is 0.777. The molecule has 0 spiro atoms. The van der Waals surface area contributed by atoms with E-state index in [0.29, 0.717) is 6.54 Å². The summed E-state index contributed by atoms with van der Waals surface area (Å²) in [7, 11) is -0.134. The molecule has 0 atom stereocenters. The molecule has 0 aliphatic heterocycles. The average molecular weight is 148 g/mol. The minimum Gasteiger partial charge on any atom is -0.336 e. The van der Waals surface area contributed by atoms with Crippen molar-refractivity contribution in [1.82, 2.24) is 5.32 Å². The maximum Gasteiger partial charge on any atom is 0.346 e. The number of carbonyl (C=O) groups excluding carboxylic acids is 1. The smallest absolute Gasteiger partial charge is 0.336 e. The topological polar surface area (TPSA) is 41.5 Å². The Labute approximate surface area is 57.9 Å². The van der Waals surface area contributed by atoms with Gasteiger partial charge in [-0.15, -0.1) is 0 Å². The van der Waals surface area contributed by atoms with Crippen molar-refractivity contribution in [2.45, 2.75) is 6.92 Å². The molecule has 0 aliphatic rings. The summed E-state index contributed by atoms with van der Waals surface area (Å²) in [5.41, 5.74) is 0. The molecule has 0 bridgehead atoms. The molecular weight excluding hydrogens is 136 g/mol. The highest BCUT2D eigenvalue weighted by Crippen LogP contribution is 1.77. The van der Waals surface area contributed by atoms with E-state index < -0.39 is 0 Å². The van der Waals surface area contributed by atoms with Gasteiger partial charge in [-0.05, 0) is 19.4 Å². The number of hydrogen-bond acceptors (Lipinski definition) is 1. The zero-order valence-corrected chi connectivity index (χ0v) is 6.79. The minimum atomic E-state index is -0.203. The van der Waals surface area contributed by atoms with E-state index in [0.717, 1.165) is 0 Å². The normalized spacial score (nSPS) is 9.33. The minimum absolute atomic E-state index is 0.134. The summed E-state index contributed by atoms with van der Waals surface area (Å²) < 4.78 is 3.74. The lowest BCUT2D eigenvalue weighted by Crippen LogP contribution is -2.18. The van der Waals surface area contributed by atoms with Crippen molar-refractivity contribution in [3.8, 4) is 0 Å². The van der Waals surface area contributed by atoms with Crippen molar-refractivity contribution >= 4 is 16.7 Å². The number of urea groups is 1. The van der Waals surface area contributed by atoms with E-state index in [4.69, 9.17) is 0 Å². The van der Waals surface area contributed by atoms with Gasteiger partial charge < -0.3 is 5.32 Å². The molecule has 3 nitrogen and oxygen atoms in total. The van der Waals surface area contributed by atoms with Crippen molar-refractivity contribution in [2.24, 2.45) is 4.36 Å². The Morgan fingerprint density at radius 1 is 1.67 bits per heavy atom. The van der Waals surface area contributed by atoms with Gasteiger partial charge in [-0.3, -0.25) is 0 Å². The molecule has 0 aromatic rings. The molecule has 2 amide bonds. The molecule has 0 heterocycles. The van der Waals surface area contributed by atoms with Crippen LogP contribution in [-0.4, -0.2) is 25.1 Å². The summed E-state index contributed by atoms with van der Waals surface area (Å²) in [4.78, 5) is 10.6. The molecular formula is C5H12N2OS. The van der Waals surface area contributed by atoms with Crippen LogP contribution < -0.4 is 5.32 Å². The van der Waals surface area contributed by atoms with Crippen LogP contribution in [0.1, 0.15) is 6.92 Å². The molecule has 0 aromatic carbocycles.